The Morgan fingerprint density at radius 3 is 2.28 bits per heavy atom. The number of para-hydroxylation sites is 2. The Labute approximate surface area is 186 Å². The molecule has 0 saturated carbocycles. The van der Waals surface area contributed by atoms with Gasteiger partial charge in [0, 0.05) is 5.56 Å². The van der Waals surface area contributed by atoms with Crippen LogP contribution < -0.4 is 9.64 Å². The fraction of sp³-hybridized carbons (Fsp3) is 0.154. The van der Waals surface area contributed by atoms with Crippen LogP contribution in [0, 0.1) is 13.8 Å². The van der Waals surface area contributed by atoms with Crippen LogP contribution in [0.4, 0.5) is 5.69 Å². The smallest absolute Gasteiger partial charge is 0.300 e. The summed E-state index contributed by atoms with van der Waals surface area (Å²) in [6, 6.07) is 17.6. The van der Waals surface area contributed by atoms with Gasteiger partial charge in [-0.15, -0.1) is 0 Å². The highest BCUT2D eigenvalue weighted by molar-refractivity contribution is 6.51. The number of hydrogen-bond acceptors (Lipinski definition) is 5. The molecule has 1 amide bonds. The molecule has 32 heavy (non-hydrogen) atoms. The molecule has 0 radical (unpaired) electrons. The minimum absolute atomic E-state index is 0.0187. The number of phenols is 1. The van der Waals surface area contributed by atoms with E-state index >= 15 is 0 Å². The second-order valence-electron chi connectivity index (χ2n) is 7.73. The molecule has 4 rings (SSSR count). The molecular weight excluding hydrogens is 406 g/mol. The molecule has 6 nitrogen and oxygen atoms in total. The zero-order valence-corrected chi connectivity index (χ0v) is 18.0. The van der Waals surface area contributed by atoms with E-state index in [1.165, 1.54) is 24.1 Å². The zero-order valence-electron chi connectivity index (χ0n) is 18.0. The van der Waals surface area contributed by atoms with Gasteiger partial charge in [-0.2, -0.15) is 0 Å². The lowest BCUT2D eigenvalue weighted by atomic mass is 9.94. The van der Waals surface area contributed by atoms with Crippen LogP contribution in [0.5, 0.6) is 11.5 Å². The van der Waals surface area contributed by atoms with Crippen LogP contribution in [0.1, 0.15) is 28.3 Å². The highest BCUT2D eigenvalue weighted by atomic mass is 16.5. The van der Waals surface area contributed by atoms with Gasteiger partial charge < -0.3 is 14.9 Å². The van der Waals surface area contributed by atoms with E-state index in [1.807, 2.05) is 19.9 Å². The number of carbonyl (C=O) groups is 2. The lowest BCUT2D eigenvalue weighted by molar-refractivity contribution is -0.132. The second-order valence-corrected chi connectivity index (χ2v) is 7.73. The van der Waals surface area contributed by atoms with Gasteiger partial charge in [-0.1, -0.05) is 36.4 Å². The van der Waals surface area contributed by atoms with Crippen molar-refractivity contribution in [3.8, 4) is 11.5 Å². The topological polar surface area (TPSA) is 87.1 Å². The van der Waals surface area contributed by atoms with Crippen LogP contribution in [-0.2, 0) is 9.59 Å². The van der Waals surface area contributed by atoms with Crippen molar-refractivity contribution in [3.05, 3.63) is 94.6 Å². The van der Waals surface area contributed by atoms with Gasteiger partial charge in [-0.05, 0) is 60.9 Å². The van der Waals surface area contributed by atoms with E-state index < -0.39 is 17.7 Å². The maximum Gasteiger partial charge on any atom is 0.300 e. The van der Waals surface area contributed by atoms with Crippen LogP contribution in [-0.4, -0.2) is 29.0 Å². The van der Waals surface area contributed by atoms with Crippen LogP contribution >= 0.6 is 0 Å². The van der Waals surface area contributed by atoms with Crippen molar-refractivity contribution in [1.82, 2.24) is 0 Å². The highest BCUT2D eigenvalue weighted by Crippen LogP contribution is 2.45. The van der Waals surface area contributed by atoms with Crippen molar-refractivity contribution >= 4 is 23.1 Å². The lowest BCUT2D eigenvalue weighted by Crippen LogP contribution is -2.29. The standard InChI is InChI=1S/C26H23NO5/c1-15-8-9-18(14-16(15)2)24(29)22-23(17-10-12-19(28)13-11-17)27(26(31)25(22)30)20-6-4-5-7-21(20)32-3/h4-14,23,28-29H,1-3H3/b24-22-. The summed E-state index contributed by atoms with van der Waals surface area (Å²) < 4.78 is 5.43. The van der Waals surface area contributed by atoms with Gasteiger partial charge in [-0.25, -0.2) is 0 Å². The van der Waals surface area contributed by atoms with Crippen molar-refractivity contribution in [2.75, 3.05) is 12.0 Å². The molecular formula is C26H23NO5. The third-order valence-electron chi connectivity index (χ3n) is 5.78. The molecule has 2 N–H and O–H groups in total. The molecule has 1 aliphatic heterocycles. The first-order valence-corrected chi connectivity index (χ1v) is 10.1. The van der Waals surface area contributed by atoms with Crippen molar-refractivity contribution < 1.29 is 24.5 Å². The molecule has 1 aliphatic rings. The molecule has 0 bridgehead atoms. The Hall–Kier alpha value is -4.06. The van der Waals surface area contributed by atoms with Gasteiger partial charge in [0.2, 0.25) is 0 Å². The maximum atomic E-state index is 13.2. The van der Waals surface area contributed by atoms with E-state index in [4.69, 9.17) is 4.74 Å². The third-order valence-corrected chi connectivity index (χ3v) is 5.78. The number of amides is 1. The van der Waals surface area contributed by atoms with Gasteiger partial charge in [-0.3, -0.25) is 14.5 Å². The SMILES string of the molecule is COc1ccccc1N1C(=O)C(=O)/C(=C(\O)c2ccc(C)c(C)c2)C1c1ccc(O)cc1. The van der Waals surface area contributed by atoms with Gasteiger partial charge in [0.25, 0.3) is 11.7 Å². The molecule has 0 spiro atoms. The number of phenolic OH excluding ortho intramolecular Hbond substituents is 1. The molecule has 6 heteroatoms. The quantitative estimate of drug-likeness (QED) is 0.358. The maximum absolute atomic E-state index is 13.2. The number of aliphatic hydroxyl groups is 1. The number of carbonyl (C=O) groups excluding carboxylic acids is 2. The van der Waals surface area contributed by atoms with E-state index in [-0.39, 0.29) is 17.1 Å². The van der Waals surface area contributed by atoms with Crippen LogP contribution in [0.2, 0.25) is 0 Å². The summed E-state index contributed by atoms with van der Waals surface area (Å²) in [5.74, 6) is -1.33. The van der Waals surface area contributed by atoms with Gasteiger partial charge in [0.15, 0.2) is 0 Å². The Balaban J connectivity index is 1.98. The number of aliphatic hydroxyl groups excluding tert-OH is 1. The monoisotopic (exact) mass is 429 g/mol. The number of nitrogens with zero attached hydrogens (tertiary/aromatic N) is 1. The fourth-order valence-electron chi connectivity index (χ4n) is 3.93. The molecule has 0 aromatic heterocycles. The number of rotatable bonds is 4. The number of benzene rings is 3. The Morgan fingerprint density at radius 1 is 0.938 bits per heavy atom. The first kappa shape index (κ1) is 21.2. The minimum atomic E-state index is -0.895. The first-order valence-electron chi connectivity index (χ1n) is 10.1. The predicted octanol–water partition coefficient (Wildman–Crippen LogP) is 4.64. The lowest BCUT2D eigenvalue weighted by Gasteiger charge is -2.26. The molecule has 0 aliphatic carbocycles. The first-order chi connectivity index (χ1) is 15.3. The largest absolute Gasteiger partial charge is 0.508 e. The number of hydrogen-bond donors (Lipinski definition) is 2. The van der Waals surface area contributed by atoms with Crippen molar-refractivity contribution in [1.29, 1.82) is 0 Å². The Morgan fingerprint density at radius 2 is 1.62 bits per heavy atom. The molecule has 162 valence electrons. The fourth-order valence-corrected chi connectivity index (χ4v) is 3.93. The van der Waals surface area contributed by atoms with Crippen LogP contribution in [0.25, 0.3) is 5.76 Å². The normalized spacial score (nSPS) is 17.6. The number of ether oxygens (including phenoxy) is 1. The second kappa shape index (κ2) is 8.23. The average Bonchev–Trinajstić information content (AvgIpc) is 3.06. The summed E-state index contributed by atoms with van der Waals surface area (Å²) >= 11 is 0. The number of aryl methyl sites for hydroxylation is 2. The van der Waals surface area contributed by atoms with Crippen LogP contribution in [0.15, 0.2) is 72.3 Å². The van der Waals surface area contributed by atoms with E-state index in [0.29, 0.717) is 22.6 Å². The molecule has 3 aromatic rings. The summed E-state index contributed by atoms with van der Waals surface area (Å²) in [6.45, 7) is 3.87. The van der Waals surface area contributed by atoms with E-state index in [9.17, 15) is 19.8 Å². The number of methoxy groups -OCH3 is 1. The van der Waals surface area contributed by atoms with Gasteiger partial charge >= 0.3 is 0 Å². The molecule has 1 atom stereocenters. The van der Waals surface area contributed by atoms with Crippen molar-refractivity contribution in [2.45, 2.75) is 19.9 Å². The summed E-state index contributed by atoms with van der Waals surface area (Å²) in [5.41, 5.74) is 3.41. The number of anilines is 1. The molecule has 1 fully saturated rings. The molecule has 1 saturated heterocycles. The predicted molar refractivity (Wildman–Crippen MR) is 122 cm³/mol. The Bertz CT molecular complexity index is 1240. The van der Waals surface area contributed by atoms with E-state index in [0.717, 1.165) is 11.1 Å². The summed E-state index contributed by atoms with van der Waals surface area (Å²) in [4.78, 5) is 27.8. The van der Waals surface area contributed by atoms with Crippen molar-refractivity contribution in [2.24, 2.45) is 0 Å². The van der Waals surface area contributed by atoms with E-state index in [2.05, 4.69) is 0 Å². The van der Waals surface area contributed by atoms with E-state index in [1.54, 1.807) is 48.5 Å². The minimum Gasteiger partial charge on any atom is -0.508 e. The average molecular weight is 429 g/mol. The summed E-state index contributed by atoms with van der Waals surface area (Å²) in [7, 11) is 1.49. The molecule has 3 aromatic carbocycles. The number of aromatic hydroxyl groups is 1. The summed E-state index contributed by atoms with van der Waals surface area (Å²) in [6.07, 6.45) is 0. The molecule has 1 heterocycles. The number of Topliss-reactive ketones (excluding diaryl/α,β-unsaturated/α-hetero) is 1. The van der Waals surface area contributed by atoms with Crippen LogP contribution in [0.3, 0.4) is 0 Å². The zero-order chi connectivity index (χ0) is 23.0. The van der Waals surface area contributed by atoms with Gasteiger partial charge in [0.1, 0.15) is 17.3 Å². The third kappa shape index (κ3) is 3.50. The van der Waals surface area contributed by atoms with Crippen molar-refractivity contribution in [3.63, 3.8) is 0 Å². The Kier molecular flexibility index (Phi) is 5.45. The molecule has 1 unspecified atom stereocenters. The summed E-state index contributed by atoms with van der Waals surface area (Å²) in [5, 5.41) is 20.9. The number of ketones is 1. The highest BCUT2D eigenvalue weighted by Gasteiger charge is 2.47. The van der Waals surface area contributed by atoms with Gasteiger partial charge in [0.05, 0.1) is 24.4 Å².